The minimum absolute atomic E-state index is 0.0527. The van der Waals surface area contributed by atoms with Crippen molar-refractivity contribution in [3.63, 3.8) is 0 Å². The Morgan fingerprint density at radius 2 is 2.06 bits per heavy atom. The minimum atomic E-state index is -0.449. The van der Waals surface area contributed by atoms with Crippen LogP contribution < -0.4 is 10.6 Å². The average molecular weight is 241 g/mol. The van der Waals surface area contributed by atoms with E-state index in [-0.39, 0.29) is 11.8 Å². The predicted octanol–water partition coefficient (Wildman–Crippen LogP) is -0.0310. The quantitative estimate of drug-likeness (QED) is 0.658. The van der Waals surface area contributed by atoms with Gasteiger partial charge in [-0.1, -0.05) is 0 Å². The number of amides is 2. The molecule has 0 heterocycles. The van der Waals surface area contributed by atoms with E-state index in [4.69, 9.17) is 0 Å². The van der Waals surface area contributed by atoms with E-state index in [0.717, 1.165) is 12.5 Å². The highest BCUT2D eigenvalue weighted by Crippen LogP contribution is 2.27. The van der Waals surface area contributed by atoms with Gasteiger partial charge in [-0.3, -0.25) is 9.59 Å². The Balaban J connectivity index is 2.16. The van der Waals surface area contributed by atoms with Crippen LogP contribution in [0.5, 0.6) is 0 Å². The van der Waals surface area contributed by atoms with Gasteiger partial charge in [-0.2, -0.15) is 0 Å². The average Bonchev–Trinajstić information content (AvgIpc) is 3.10. The summed E-state index contributed by atoms with van der Waals surface area (Å²) in [7, 11) is 1.73. The second kappa shape index (κ2) is 6.59. The lowest BCUT2D eigenvalue weighted by atomic mass is 10.3. The third kappa shape index (κ3) is 5.17. The van der Waals surface area contributed by atoms with Gasteiger partial charge >= 0.3 is 0 Å². The molecule has 0 bridgehead atoms. The highest BCUT2D eigenvalue weighted by molar-refractivity contribution is 5.87. The van der Waals surface area contributed by atoms with E-state index in [2.05, 4.69) is 10.6 Å². The topological polar surface area (TPSA) is 61.4 Å². The molecule has 1 aliphatic rings. The summed E-state index contributed by atoms with van der Waals surface area (Å²) < 4.78 is 0. The lowest BCUT2D eigenvalue weighted by Gasteiger charge is -2.20. The molecular formula is C12H23N3O2. The second-order valence-corrected chi connectivity index (χ2v) is 4.72. The van der Waals surface area contributed by atoms with Crippen LogP contribution in [-0.2, 0) is 9.59 Å². The van der Waals surface area contributed by atoms with Crippen molar-refractivity contribution >= 4 is 11.8 Å². The van der Waals surface area contributed by atoms with Crippen LogP contribution in [0.15, 0.2) is 0 Å². The van der Waals surface area contributed by atoms with Gasteiger partial charge in [-0.15, -0.1) is 0 Å². The molecule has 5 nitrogen and oxygen atoms in total. The molecule has 5 heteroatoms. The SMILES string of the molecule is CCN(C)C(=O)C(C)NC(=O)CNCC1CC1. The molecule has 1 atom stereocenters. The summed E-state index contributed by atoms with van der Waals surface area (Å²) in [4.78, 5) is 24.8. The number of hydrogen-bond donors (Lipinski definition) is 2. The molecule has 1 aliphatic carbocycles. The molecule has 1 unspecified atom stereocenters. The van der Waals surface area contributed by atoms with Gasteiger partial charge < -0.3 is 15.5 Å². The van der Waals surface area contributed by atoms with Crippen LogP contribution in [0.2, 0.25) is 0 Å². The van der Waals surface area contributed by atoms with Gasteiger partial charge in [-0.25, -0.2) is 0 Å². The highest BCUT2D eigenvalue weighted by atomic mass is 16.2. The number of nitrogens with zero attached hydrogens (tertiary/aromatic N) is 1. The molecule has 2 amide bonds. The number of nitrogens with one attached hydrogen (secondary N) is 2. The fraction of sp³-hybridized carbons (Fsp3) is 0.833. The number of rotatable bonds is 7. The van der Waals surface area contributed by atoms with Crippen molar-refractivity contribution in [3.8, 4) is 0 Å². The first-order valence-electron chi connectivity index (χ1n) is 6.29. The molecule has 0 spiro atoms. The number of hydrogen-bond acceptors (Lipinski definition) is 3. The van der Waals surface area contributed by atoms with Crippen LogP contribution in [0.3, 0.4) is 0 Å². The van der Waals surface area contributed by atoms with Crippen LogP contribution >= 0.6 is 0 Å². The summed E-state index contributed by atoms with van der Waals surface area (Å²) in [5.74, 6) is 0.590. The summed E-state index contributed by atoms with van der Waals surface area (Å²) in [5.41, 5.74) is 0. The van der Waals surface area contributed by atoms with E-state index in [1.54, 1.807) is 18.9 Å². The molecule has 0 saturated heterocycles. The van der Waals surface area contributed by atoms with Crippen LogP contribution in [0.4, 0.5) is 0 Å². The Morgan fingerprint density at radius 3 is 2.59 bits per heavy atom. The molecule has 1 fully saturated rings. The van der Waals surface area contributed by atoms with E-state index < -0.39 is 6.04 Å². The van der Waals surface area contributed by atoms with Gasteiger partial charge in [0.05, 0.1) is 6.54 Å². The molecule has 0 aromatic rings. The van der Waals surface area contributed by atoms with Crippen molar-refractivity contribution in [1.29, 1.82) is 0 Å². The first-order chi connectivity index (χ1) is 8.04. The van der Waals surface area contributed by atoms with Gasteiger partial charge in [0.25, 0.3) is 0 Å². The molecule has 0 aromatic carbocycles. The maximum Gasteiger partial charge on any atom is 0.244 e. The third-order valence-corrected chi connectivity index (χ3v) is 3.01. The Hall–Kier alpha value is -1.10. The fourth-order valence-electron chi connectivity index (χ4n) is 1.55. The molecule has 1 saturated carbocycles. The Bertz CT molecular complexity index is 277. The predicted molar refractivity (Wildman–Crippen MR) is 66.5 cm³/mol. The van der Waals surface area contributed by atoms with E-state index in [0.29, 0.717) is 13.1 Å². The molecule has 0 aromatic heterocycles. The smallest absolute Gasteiger partial charge is 0.244 e. The summed E-state index contributed by atoms with van der Waals surface area (Å²) >= 11 is 0. The van der Waals surface area contributed by atoms with E-state index >= 15 is 0 Å². The first-order valence-corrected chi connectivity index (χ1v) is 6.29. The minimum Gasteiger partial charge on any atom is -0.344 e. The van der Waals surface area contributed by atoms with Crippen molar-refractivity contribution in [2.75, 3.05) is 26.7 Å². The summed E-state index contributed by atoms with van der Waals surface area (Å²) in [5, 5.41) is 5.79. The van der Waals surface area contributed by atoms with Crippen LogP contribution in [0, 0.1) is 5.92 Å². The van der Waals surface area contributed by atoms with Crippen molar-refractivity contribution in [3.05, 3.63) is 0 Å². The Morgan fingerprint density at radius 1 is 1.41 bits per heavy atom. The molecule has 1 rings (SSSR count). The molecular weight excluding hydrogens is 218 g/mol. The van der Waals surface area contributed by atoms with Gasteiger partial charge in [-0.05, 0) is 39.2 Å². The summed E-state index contributed by atoms with van der Waals surface area (Å²) in [6.07, 6.45) is 2.54. The van der Waals surface area contributed by atoms with E-state index in [9.17, 15) is 9.59 Å². The number of likely N-dealkylation sites (N-methyl/N-ethyl adjacent to an activating group) is 1. The summed E-state index contributed by atoms with van der Waals surface area (Å²) in [6.45, 7) is 5.48. The zero-order valence-electron chi connectivity index (χ0n) is 11.0. The summed E-state index contributed by atoms with van der Waals surface area (Å²) in [6, 6.07) is -0.449. The van der Waals surface area contributed by atoms with Gasteiger partial charge in [0.1, 0.15) is 6.04 Å². The van der Waals surface area contributed by atoms with Gasteiger partial charge in [0, 0.05) is 13.6 Å². The molecule has 98 valence electrons. The van der Waals surface area contributed by atoms with E-state index in [1.807, 2.05) is 6.92 Å². The first kappa shape index (κ1) is 14.0. The van der Waals surface area contributed by atoms with Crippen molar-refractivity contribution in [2.24, 2.45) is 5.92 Å². The normalized spacial score (nSPS) is 16.4. The zero-order valence-corrected chi connectivity index (χ0v) is 11.0. The highest BCUT2D eigenvalue weighted by Gasteiger charge is 2.21. The van der Waals surface area contributed by atoms with Crippen molar-refractivity contribution in [1.82, 2.24) is 15.5 Å². The number of carbonyl (C=O) groups is 2. The van der Waals surface area contributed by atoms with Crippen molar-refractivity contribution < 1.29 is 9.59 Å². The molecule has 0 radical (unpaired) electrons. The third-order valence-electron chi connectivity index (χ3n) is 3.01. The number of carbonyl (C=O) groups excluding carboxylic acids is 2. The van der Waals surface area contributed by atoms with Crippen LogP contribution in [-0.4, -0.2) is 49.4 Å². The monoisotopic (exact) mass is 241 g/mol. The standard InChI is InChI=1S/C12H23N3O2/c1-4-15(3)12(17)9(2)14-11(16)8-13-7-10-5-6-10/h9-10,13H,4-8H2,1-3H3,(H,14,16). The molecule has 2 N–H and O–H groups in total. The Labute approximate surface area is 103 Å². The zero-order chi connectivity index (χ0) is 12.8. The molecule has 0 aliphatic heterocycles. The van der Waals surface area contributed by atoms with E-state index in [1.165, 1.54) is 12.8 Å². The van der Waals surface area contributed by atoms with Gasteiger partial charge in [0.15, 0.2) is 0 Å². The van der Waals surface area contributed by atoms with Crippen molar-refractivity contribution in [2.45, 2.75) is 32.7 Å². The Kier molecular flexibility index (Phi) is 5.41. The lowest BCUT2D eigenvalue weighted by molar-refractivity contribution is -0.134. The maximum atomic E-state index is 11.7. The lowest BCUT2D eigenvalue weighted by Crippen LogP contribution is -2.47. The van der Waals surface area contributed by atoms with Gasteiger partial charge in [0.2, 0.25) is 11.8 Å². The second-order valence-electron chi connectivity index (χ2n) is 4.72. The fourth-order valence-corrected chi connectivity index (χ4v) is 1.55. The maximum absolute atomic E-state index is 11.7. The van der Waals surface area contributed by atoms with Crippen LogP contribution in [0.1, 0.15) is 26.7 Å². The largest absolute Gasteiger partial charge is 0.344 e. The molecule has 17 heavy (non-hydrogen) atoms. The van der Waals surface area contributed by atoms with Crippen LogP contribution in [0.25, 0.3) is 0 Å².